The van der Waals surface area contributed by atoms with Gasteiger partial charge in [-0.1, -0.05) is 12.1 Å². The van der Waals surface area contributed by atoms with E-state index >= 15 is 0 Å². The van der Waals surface area contributed by atoms with Crippen LogP contribution in [-0.2, 0) is 11.2 Å². The maximum atomic E-state index is 11.3. The number of anilines is 1. The highest BCUT2D eigenvalue weighted by Crippen LogP contribution is 2.31. The van der Waals surface area contributed by atoms with Crippen LogP contribution in [0.25, 0.3) is 0 Å². The van der Waals surface area contributed by atoms with Gasteiger partial charge in [-0.25, -0.2) is 0 Å². The van der Waals surface area contributed by atoms with Gasteiger partial charge in [0.2, 0.25) is 5.91 Å². The first-order chi connectivity index (χ1) is 6.81. The highest BCUT2D eigenvalue weighted by molar-refractivity contribution is 5.94. The van der Waals surface area contributed by atoms with Crippen LogP contribution in [0.3, 0.4) is 0 Å². The average molecular weight is 191 g/mol. The molecule has 0 saturated heterocycles. The zero-order valence-corrected chi connectivity index (χ0v) is 8.17. The number of amides is 1. The van der Waals surface area contributed by atoms with Gasteiger partial charge in [-0.05, 0) is 24.5 Å². The molecule has 0 unspecified atom stereocenters. The van der Waals surface area contributed by atoms with Gasteiger partial charge in [0.1, 0.15) is 5.75 Å². The Morgan fingerprint density at radius 1 is 1.36 bits per heavy atom. The molecule has 1 aromatic carbocycles. The van der Waals surface area contributed by atoms with E-state index in [9.17, 15) is 4.79 Å². The van der Waals surface area contributed by atoms with Crippen LogP contribution in [0, 0.1) is 0 Å². The molecule has 14 heavy (non-hydrogen) atoms. The van der Waals surface area contributed by atoms with Crippen molar-refractivity contribution in [3.63, 3.8) is 0 Å². The van der Waals surface area contributed by atoms with E-state index in [0.717, 1.165) is 29.8 Å². The van der Waals surface area contributed by atoms with E-state index in [1.54, 1.807) is 7.11 Å². The van der Waals surface area contributed by atoms with E-state index in [1.165, 1.54) is 0 Å². The summed E-state index contributed by atoms with van der Waals surface area (Å²) in [5, 5.41) is 2.88. The summed E-state index contributed by atoms with van der Waals surface area (Å²) in [6.45, 7) is 0. The molecular formula is C11H13NO2. The van der Waals surface area contributed by atoms with Crippen molar-refractivity contribution in [2.24, 2.45) is 0 Å². The van der Waals surface area contributed by atoms with Gasteiger partial charge in [-0.3, -0.25) is 4.79 Å². The number of para-hydroxylation sites is 1. The fourth-order valence-electron chi connectivity index (χ4n) is 1.74. The number of nitrogens with one attached hydrogen (secondary N) is 1. The molecule has 0 aliphatic carbocycles. The molecule has 0 spiro atoms. The standard InChI is InChI=1S/C11H13NO2/c1-14-9-6-2-4-8-5-3-7-10(13)12-11(8)9/h2,4,6H,3,5,7H2,1H3,(H,12,13). The third-order valence-corrected chi connectivity index (χ3v) is 2.45. The first-order valence-corrected chi connectivity index (χ1v) is 4.77. The summed E-state index contributed by atoms with van der Waals surface area (Å²) in [4.78, 5) is 11.3. The van der Waals surface area contributed by atoms with Gasteiger partial charge in [0.25, 0.3) is 0 Å². The molecule has 1 aliphatic heterocycles. The van der Waals surface area contributed by atoms with E-state index in [4.69, 9.17) is 4.74 Å². The van der Waals surface area contributed by atoms with Crippen molar-refractivity contribution in [3.8, 4) is 5.75 Å². The second kappa shape index (κ2) is 3.70. The van der Waals surface area contributed by atoms with Gasteiger partial charge in [0.15, 0.2) is 0 Å². The van der Waals surface area contributed by atoms with Crippen molar-refractivity contribution < 1.29 is 9.53 Å². The smallest absolute Gasteiger partial charge is 0.224 e. The molecule has 3 nitrogen and oxygen atoms in total. The molecule has 0 atom stereocenters. The van der Waals surface area contributed by atoms with Crippen molar-refractivity contribution in [2.75, 3.05) is 12.4 Å². The van der Waals surface area contributed by atoms with Crippen molar-refractivity contribution >= 4 is 11.6 Å². The predicted molar refractivity (Wildman–Crippen MR) is 54.6 cm³/mol. The van der Waals surface area contributed by atoms with E-state index < -0.39 is 0 Å². The monoisotopic (exact) mass is 191 g/mol. The summed E-state index contributed by atoms with van der Waals surface area (Å²) < 4.78 is 5.20. The van der Waals surface area contributed by atoms with Crippen LogP contribution in [0.5, 0.6) is 5.75 Å². The summed E-state index contributed by atoms with van der Waals surface area (Å²) in [6.07, 6.45) is 2.44. The third-order valence-electron chi connectivity index (χ3n) is 2.45. The van der Waals surface area contributed by atoms with Crippen LogP contribution < -0.4 is 10.1 Å². The predicted octanol–water partition coefficient (Wildman–Crippen LogP) is 1.97. The molecule has 2 rings (SSSR count). The highest BCUT2D eigenvalue weighted by atomic mass is 16.5. The number of methoxy groups -OCH3 is 1. The largest absolute Gasteiger partial charge is 0.495 e. The van der Waals surface area contributed by atoms with Crippen LogP contribution in [0.4, 0.5) is 5.69 Å². The van der Waals surface area contributed by atoms with Gasteiger partial charge < -0.3 is 10.1 Å². The Labute approximate surface area is 83.1 Å². The van der Waals surface area contributed by atoms with Gasteiger partial charge in [-0.2, -0.15) is 0 Å². The zero-order chi connectivity index (χ0) is 9.97. The first kappa shape index (κ1) is 9.06. The van der Waals surface area contributed by atoms with E-state index in [-0.39, 0.29) is 5.91 Å². The van der Waals surface area contributed by atoms with Crippen molar-refractivity contribution in [1.82, 2.24) is 0 Å². The summed E-state index contributed by atoms with van der Waals surface area (Å²) in [5.74, 6) is 0.825. The third kappa shape index (κ3) is 1.58. The Kier molecular flexibility index (Phi) is 2.39. The molecule has 1 amide bonds. The minimum atomic E-state index is 0.0771. The molecule has 0 fully saturated rings. The summed E-state index contributed by atoms with van der Waals surface area (Å²) in [7, 11) is 1.62. The molecule has 1 heterocycles. The number of ether oxygens (including phenoxy) is 1. The molecule has 1 N–H and O–H groups in total. The summed E-state index contributed by atoms with van der Waals surface area (Å²) in [6, 6.07) is 5.85. The van der Waals surface area contributed by atoms with E-state index in [1.807, 2.05) is 18.2 Å². The minimum absolute atomic E-state index is 0.0771. The van der Waals surface area contributed by atoms with Crippen LogP contribution in [0.15, 0.2) is 18.2 Å². The van der Waals surface area contributed by atoms with Gasteiger partial charge in [0.05, 0.1) is 12.8 Å². The molecule has 3 heteroatoms. The lowest BCUT2D eigenvalue weighted by Gasteiger charge is -2.11. The fourth-order valence-corrected chi connectivity index (χ4v) is 1.74. The van der Waals surface area contributed by atoms with Crippen LogP contribution in [0.2, 0.25) is 0 Å². The number of hydrogen-bond acceptors (Lipinski definition) is 2. The van der Waals surface area contributed by atoms with Gasteiger partial charge >= 0.3 is 0 Å². The number of benzene rings is 1. The van der Waals surface area contributed by atoms with E-state index in [2.05, 4.69) is 5.32 Å². The Hall–Kier alpha value is -1.51. The number of carbonyl (C=O) groups excluding carboxylic acids is 1. The molecule has 0 aromatic heterocycles. The molecule has 1 aliphatic rings. The maximum Gasteiger partial charge on any atom is 0.224 e. The van der Waals surface area contributed by atoms with Crippen LogP contribution >= 0.6 is 0 Å². The first-order valence-electron chi connectivity index (χ1n) is 4.77. The lowest BCUT2D eigenvalue weighted by molar-refractivity contribution is -0.116. The lowest BCUT2D eigenvalue weighted by atomic mass is 10.1. The number of aryl methyl sites for hydroxylation is 1. The Bertz CT molecular complexity index is 360. The average Bonchev–Trinajstić information content (AvgIpc) is 2.38. The minimum Gasteiger partial charge on any atom is -0.495 e. The Balaban J connectivity index is 2.45. The molecule has 0 radical (unpaired) electrons. The number of fused-ring (bicyclic) bond motifs is 1. The van der Waals surface area contributed by atoms with Crippen molar-refractivity contribution in [3.05, 3.63) is 23.8 Å². The van der Waals surface area contributed by atoms with Crippen LogP contribution in [0.1, 0.15) is 18.4 Å². The maximum absolute atomic E-state index is 11.3. The SMILES string of the molecule is COc1cccc2c1NC(=O)CCC2. The molecule has 1 aromatic rings. The molecule has 0 saturated carbocycles. The summed E-state index contributed by atoms with van der Waals surface area (Å²) in [5.41, 5.74) is 2.01. The Morgan fingerprint density at radius 2 is 2.21 bits per heavy atom. The zero-order valence-electron chi connectivity index (χ0n) is 8.17. The Morgan fingerprint density at radius 3 is 3.00 bits per heavy atom. The second-order valence-electron chi connectivity index (χ2n) is 3.40. The number of rotatable bonds is 1. The number of hydrogen-bond donors (Lipinski definition) is 1. The topological polar surface area (TPSA) is 38.3 Å². The second-order valence-corrected chi connectivity index (χ2v) is 3.40. The van der Waals surface area contributed by atoms with Gasteiger partial charge in [0, 0.05) is 6.42 Å². The van der Waals surface area contributed by atoms with E-state index in [0.29, 0.717) is 6.42 Å². The molecule has 0 bridgehead atoms. The normalized spacial score (nSPS) is 15.4. The highest BCUT2D eigenvalue weighted by Gasteiger charge is 2.15. The fraction of sp³-hybridized carbons (Fsp3) is 0.364. The van der Waals surface area contributed by atoms with Crippen molar-refractivity contribution in [2.45, 2.75) is 19.3 Å². The summed E-state index contributed by atoms with van der Waals surface area (Å²) >= 11 is 0. The van der Waals surface area contributed by atoms with Crippen molar-refractivity contribution in [1.29, 1.82) is 0 Å². The van der Waals surface area contributed by atoms with Crippen LogP contribution in [-0.4, -0.2) is 13.0 Å². The molecular weight excluding hydrogens is 178 g/mol. The molecule has 74 valence electrons. The lowest BCUT2D eigenvalue weighted by Crippen LogP contribution is -2.10. The quantitative estimate of drug-likeness (QED) is 0.737. The number of carbonyl (C=O) groups is 1. The van der Waals surface area contributed by atoms with Gasteiger partial charge in [-0.15, -0.1) is 0 Å².